The van der Waals surface area contributed by atoms with Gasteiger partial charge in [0.1, 0.15) is 22.6 Å². The molecule has 4 rings (SSSR count). The fraction of sp³-hybridized carbons (Fsp3) is 0.429. The molecule has 1 fully saturated rings. The molecule has 8 nitrogen and oxygen atoms in total. The summed E-state index contributed by atoms with van der Waals surface area (Å²) in [6.45, 7) is 4.72. The Kier molecular flexibility index (Phi) is 9.55. The number of carbonyl (C=O) groups is 1. The van der Waals surface area contributed by atoms with Crippen LogP contribution in [0.2, 0.25) is 0 Å². The zero-order chi connectivity index (χ0) is 29.7. The summed E-state index contributed by atoms with van der Waals surface area (Å²) in [5.41, 5.74) is -3.05. The summed E-state index contributed by atoms with van der Waals surface area (Å²) in [7, 11) is 3.33. The number of nitrogens with zero attached hydrogens (tertiary/aromatic N) is 3. The van der Waals surface area contributed by atoms with Crippen molar-refractivity contribution in [2.45, 2.75) is 49.1 Å². The van der Waals surface area contributed by atoms with Crippen molar-refractivity contribution in [3.05, 3.63) is 47.8 Å². The van der Waals surface area contributed by atoms with Crippen LogP contribution in [0.3, 0.4) is 0 Å². The van der Waals surface area contributed by atoms with Gasteiger partial charge in [-0.15, -0.1) is 0 Å². The second-order valence-electron chi connectivity index (χ2n) is 9.95. The van der Waals surface area contributed by atoms with E-state index in [0.29, 0.717) is 35.7 Å². The fourth-order valence-corrected chi connectivity index (χ4v) is 5.12. The first-order chi connectivity index (χ1) is 19.4. The summed E-state index contributed by atoms with van der Waals surface area (Å²) in [4.78, 5) is 18.7. The van der Waals surface area contributed by atoms with Crippen LogP contribution in [0.25, 0.3) is 5.65 Å². The van der Waals surface area contributed by atoms with Gasteiger partial charge < -0.3 is 25.6 Å². The molecule has 1 aliphatic heterocycles. The predicted molar refractivity (Wildman–Crippen MR) is 152 cm³/mol. The third-order valence-corrected chi connectivity index (χ3v) is 7.17. The summed E-state index contributed by atoms with van der Waals surface area (Å²) >= 11 is -0.306. The van der Waals surface area contributed by atoms with Crippen LogP contribution in [-0.2, 0) is 0 Å². The van der Waals surface area contributed by atoms with Crippen molar-refractivity contribution in [2.24, 2.45) is 0 Å². The van der Waals surface area contributed by atoms with E-state index >= 15 is 0 Å². The third-order valence-electron chi connectivity index (χ3n) is 6.36. The lowest BCUT2D eigenvalue weighted by molar-refractivity contribution is -0.0330. The van der Waals surface area contributed by atoms with Crippen LogP contribution in [0.1, 0.15) is 36.3 Å². The van der Waals surface area contributed by atoms with Gasteiger partial charge in [-0.2, -0.15) is 13.2 Å². The first kappa shape index (κ1) is 30.3. The Morgan fingerprint density at radius 1 is 1.27 bits per heavy atom. The average molecular weight is 593 g/mol. The van der Waals surface area contributed by atoms with Crippen molar-refractivity contribution in [3.63, 3.8) is 0 Å². The third kappa shape index (κ3) is 7.77. The molecule has 1 aromatic carbocycles. The highest BCUT2D eigenvalue weighted by molar-refractivity contribution is 8.00. The van der Waals surface area contributed by atoms with Crippen LogP contribution in [-0.4, -0.2) is 77.7 Å². The molecule has 0 aliphatic carbocycles. The van der Waals surface area contributed by atoms with Gasteiger partial charge in [-0.1, -0.05) is 5.92 Å². The first-order valence-electron chi connectivity index (χ1n) is 13.0. The molecule has 220 valence electrons. The maximum absolute atomic E-state index is 14.7. The summed E-state index contributed by atoms with van der Waals surface area (Å²) < 4.78 is 61.9. The topological polar surface area (TPSA) is 82.9 Å². The number of likely N-dealkylation sites (tertiary alicyclic amines) is 1. The Balaban J connectivity index is 1.59. The fourth-order valence-electron chi connectivity index (χ4n) is 4.47. The smallest absolute Gasteiger partial charge is 0.447 e. The van der Waals surface area contributed by atoms with Gasteiger partial charge >= 0.3 is 5.51 Å². The molecule has 0 unspecified atom stereocenters. The monoisotopic (exact) mass is 592 g/mol. The van der Waals surface area contributed by atoms with Crippen molar-refractivity contribution in [2.75, 3.05) is 44.4 Å². The van der Waals surface area contributed by atoms with Gasteiger partial charge in [-0.25, -0.2) is 9.37 Å². The van der Waals surface area contributed by atoms with Crippen LogP contribution in [0, 0.1) is 11.8 Å². The number of piperidine rings is 1. The number of hydrogen-bond acceptors (Lipinski definition) is 7. The molecular weight excluding hydrogens is 560 g/mol. The van der Waals surface area contributed by atoms with E-state index in [0.717, 1.165) is 0 Å². The highest BCUT2D eigenvalue weighted by Gasteiger charge is 2.33. The standard InChI is InChI=1S/C28H32F4N6O2S/c1-17(2)34-26(39)18-9-10-24(40-4)23(15-18)33-12-5-7-22-27(41-28(30,31)32)38-13-6-8-21(25(38)36-22)35-20-11-14-37(3)16-19(20)29/h6,8-10,13,15,17,19-20,33,35H,11-12,14,16H2,1-4H3,(H,34,39)/t19-,20+/m0/s1. The average Bonchev–Trinajstić information content (AvgIpc) is 3.24. The number of pyridine rings is 1. The first-order valence-corrected chi connectivity index (χ1v) is 13.8. The van der Waals surface area contributed by atoms with E-state index < -0.39 is 17.7 Å². The van der Waals surface area contributed by atoms with Crippen LogP contribution < -0.4 is 20.7 Å². The summed E-state index contributed by atoms with van der Waals surface area (Å²) in [5.74, 6) is 5.80. The SMILES string of the molecule is COc1ccc(C(=O)NC(C)C)cc1NCC#Cc1nc2c(N[C@@H]3CCN(C)C[C@@H]3F)cccn2c1SC(F)(F)F. The minimum absolute atomic E-state index is 0.0415. The Bertz CT molecular complexity index is 1450. The molecule has 1 saturated heterocycles. The van der Waals surface area contributed by atoms with Crippen molar-refractivity contribution in [1.29, 1.82) is 0 Å². The number of methoxy groups -OCH3 is 1. The van der Waals surface area contributed by atoms with Crippen molar-refractivity contribution in [3.8, 4) is 17.6 Å². The molecule has 2 atom stereocenters. The molecule has 0 spiro atoms. The van der Waals surface area contributed by atoms with Gasteiger partial charge in [0.05, 0.1) is 31.1 Å². The number of amides is 1. The number of halogens is 4. The van der Waals surface area contributed by atoms with Crippen molar-refractivity contribution < 1.29 is 27.1 Å². The number of alkyl halides is 4. The number of fused-ring (bicyclic) bond motifs is 1. The van der Waals surface area contributed by atoms with Crippen molar-refractivity contribution >= 4 is 34.7 Å². The van der Waals surface area contributed by atoms with Crippen LogP contribution in [0.4, 0.5) is 28.9 Å². The Morgan fingerprint density at radius 2 is 2.05 bits per heavy atom. The van der Waals surface area contributed by atoms with E-state index in [-0.39, 0.29) is 53.2 Å². The molecule has 3 N–H and O–H groups in total. The number of hydrogen-bond donors (Lipinski definition) is 3. The van der Waals surface area contributed by atoms with Crippen molar-refractivity contribution in [1.82, 2.24) is 19.6 Å². The largest absolute Gasteiger partial charge is 0.495 e. The predicted octanol–water partition coefficient (Wildman–Crippen LogP) is 5.01. The minimum atomic E-state index is -4.57. The second kappa shape index (κ2) is 12.9. The van der Waals surface area contributed by atoms with Crippen LogP contribution in [0.5, 0.6) is 5.75 Å². The van der Waals surface area contributed by atoms with E-state index in [2.05, 4.69) is 32.8 Å². The summed E-state index contributed by atoms with van der Waals surface area (Å²) in [6, 6.07) is 7.63. The van der Waals surface area contributed by atoms with E-state index in [1.54, 1.807) is 30.3 Å². The Morgan fingerprint density at radius 3 is 2.73 bits per heavy atom. The maximum Gasteiger partial charge on any atom is 0.447 e. The van der Waals surface area contributed by atoms with E-state index in [4.69, 9.17) is 4.74 Å². The highest BCUT2D eigenvalue weighted by atomic mass is 32.2. The summed E-state index contributed by atoms with van der Waals surface area (Å²) in [5, 5.41) is 8.83. The number of anilines is 2. The maximum atomic E-state index is 14.7. The number of carbonyl (C=O) groups excluding carboxylic acids is 1. The molecule has 1 amide bonds. The molecule has 1 aliphatic rings. The zero-order valence-electron chi connectivity index (χ0n) is 23.1. The van der Waals surface area contributed by atoms with Gasteiger partial charge in [0.25, 0.3) is 5.91 Å². The number of nitrogens with one attached hydrogen (secondary N) is 3. The molecule has 2 aromatic heterocycles. The number of benzene rings is 1. The van der Waals surface area contributed by atoms with Gasteiger partial charge in [-0.3, -0.25) is 9.20 Å². The minimum Gasteiger partial charge on any atom is -0.495 e. The lowest BCUT2D eigenvalue weighted by atomic mass is 10.0. The molecule has 41 heavy (non-hydrogen) atoms. The highest BCUT2D eigenvalue weighted by Crippen LogP contribution is 2.39. The zero-order valence-corrected chi connectivity index (χ0v) is 23.9. The number of thioether (sulfide) groups is 1. The quantitative estimate of drug-likeness (QED) is 0.193. The molecule has 3 heterocycles. The van der Waals surface area contributed by atoms with E-state index in [1.165, 1.54) is 17.7 Å². The molecule has 0 radical (unpaired) electrons. The number of rotatable bonds is 8. The normalized spacial score (nSPS) is 17.7. The molecular formula is C28H32F4N6O2S. The molecule has 0 saturated carbocycles. The number of imidazole rings is 1. The molecule has 13 heteroatoms. The number of ether oxygens (including phenoxy) is 1. The Labute approximate surface area is 240 Å². The van der Waals surface area contributed by atoms with Crippen LogP contribution in [0.15, 0.2) is 41.6 Å². The van der Waals surface area contributed by atoms with Gasteiger partial charge in [0, 0.05) is 42.7 Å². The lowest BCUT2D eigenvalue weighted by Crippen LogP contribution is -2.46. The van der Waals surface area contributed by atoms with E-state index in [1.807, 2.05) is 25.8 Å². The lowest BCUT2D eigenvalue weighted by Gasteiger charge is -2.33. The molecule has 0 bridgehead atoms. The van der Waals surface area contributed by atoms with E-state index in [9.17, 15) is 22.4 Å². The molecule has 3 aromatic rings. The number of aromatic nitrogens is 2. The van der Waals surface area contributed by atoms with Gasteiger partial charge in [0.15, 0.2) is 5.65 Å². The summed E-state index contributed by atoms with van der Waals surface area (Å²) in [6.07, 6.45) is 0.891. The second-order valence-corrected chi connectivity index (χ2v) is 11.0. The van der Waals surface area contributed by atoms with Crippen LogP contribution >= 0.6 is 11.8 Å². The van der Waals surface area contributed by atoms with Gasteiger partial charge in [-0.05, 0) is 63.6 Å². The van der Waals surface area contributed by atoms with Gasteiger partial charge in [0.2, 0.25) is 0 Å². The Hall–Kier alpha value is -3.63.